The molecular formula is C15H9Cl2NO2S2. The summed E-state index contributed by atoms with van der Waals surface area (Å²) < 4.78 is 5.74. The van der Waals surface area contributed by atoms with Gasteiger partial charge in [-0.3, -0.25) is 9.69 Å². The summed E-state index contributed by atoms with van der Waals surface area (Å²) in [6, 6.07) is 8.77. The van der Waals surface area contributed by atoms with Crippen molar-refractivity contribution >= 4 is 63.5 Å². The van der Waals surface area contributed by atoms with Gasteiger partial charge >= 0.3 is 0 Å². The van der Waals surface area contributed by atoms with Crippen LogP contribution in [-0.4, -0.2) is 15.1 Å². The van der Waals surface area contributed by atoms with E-state index in [0.717, 1.165) is 0 Å². The summed E-state index contributed by atoms with van der Waals surface area (Å²) in [6.45, 7) is 0.311. The van der Waals surface area contributed by atoms with E-state index in [9.17, 15) is 4.79 Å². The number of thiocarbonyl (C=S) groups is 1. The van der Waals surface area contributed by atoms with Crippen molar-refractivity contribution in [2.45, 2.75) is 6.54 Å². The van der Waals surface area contributed by atoms with Crippen LogP contribution in [0.2, 0.25) is 10.0 Å². The van der Waals surface area contributed by atoms with Crippen LogP contribution in [0.4, 0.5) is 0 Å². The van der Waals surface area contributed by atoms with E-state index < -0.39 is 0 Å². The molecule has 0 saturated carbocycles. The van der Waals surface area contributed by atoms with E-state index in [2.05, 4.69) is 0 Å². The van der Waals surface area contributed by atoms with Gasteiger partial charge in [0.2, 0.25) is 0 Å². The maximum Gasteiger partial charge on any atom is 0.266 e. The molecule has 7 heteroatoms. The number of benzene rings is 1. The van der Waals surface area contributed by atoms with E-state index in [0.29, 0.717) is 37.1 Å². The first kappa shape index (κ1) is 15.6. The fourth-order valence-electron chi connectivity index (χ4n) is 1.97. The molecule has 0 N–H and O–H groups in total. The smallest absolute Gasteiger partial charge is 0.266 e. The van der Waals surface area contributed by atoms with E-state index in [1.165, 1.54) is 16.7 Å². The molecule has 0 bridgehead atoms. The van der Waals surface area contributed by atoms with Crippen LogP contribution in [0, 0.1) is 0 Å². The summed E-state index contributed by atoms with van der Waals surface area (Å²) in [4.78, 5) is 14.5. The van der Waals surface area contributed by atoms with E-state index >= 15 is 0 Å². The Morgan fingerprint density at radius 1 is 1.23 bits per heavy atom. The first-order valence-corrected chi connectivity index (χ1v) is 8.26. The summed E-state index contributed by atoms with van der Waals surface area (Å²) in [5, 5.41) is 0.979. The van der Waals surface area contributed by atoms with Crippen molar-refractivity contribution in [3.63, 3.8) is 0 Å². The Bertz CT molecular complexity index is 752. The Labute approximate surface area is 146 Å². The summed E-state index contributed by atoms with van der Waals surface area (Å²) >= 11 is 18.8. The Kier molecular flexibility index (Phi) is 4.59. The molecule has 1 amide bonds. The molecule has 112 valence electrons. The molecule has 1 aromatic heterocycles. The summed E-state index contributed by atoms with van der Waals surface area (Å²) in [7, 11) is 0. The molecule has 1 aromatic carbocycles. The first-order chi connectivity index (χ1) is 10.6. The minimum absolute atomic E-state index is 0.178. The van der Waals surface area contributed by atoms with Gasteiger partial charge in [-0.15, -0.1) is 0 Å². The molecule has 1 fully saturated rings. The fourth-order valence-corrected chi connectivity index (χ4v) is 3.72. The number of furan rings is 1. The number of hydrogen-bond acceptors (Lipinski definition) is 4. The largest absolute Gasteiger partial charge is 0.467 e. The van der Waals surface area contributed by atoms with Crippen LogP contribution in [0.15, 0.2) is 45.9 Å². The van der Waals surface area contributed by atoms with Crippen LogP contribution in [0.1, 0.15) is 11.3 Å². The molecule has 22 heavy (non-hydrogen) atoms. The Balaban J connectivity index is 1.89. The maximum atomic E-state index is 12.5. The lowest BCUT2D eigenvalue weighted by molar-refractivity contribution is -0.122. The standard InChI is InChI=1S/C15H9Cl2NO2S2/c16-11-4-1-5-12(17)10(11)7-13-14(19)18(15(21)22-13)8-9-3-2-6-20-9/h1-7H,8H2. The number of carbonyl (C=O) groups is 1. The highest BCUT2D eigenvalue weighted by Crippen LogP contribution is 2.36. The second kappa shape index (κ2) is 6.46. The van der Waals surface area contributed by atoms with Crippen LogP contribution in [-0.2, 0) is 11.3 Å². The molecule has 0 aliphatic carbocycles. The lowest BCUT2D eigenvalue weighted by atomic mass is 10.2. The monoisotopic (exact) mass is 369 g/mol. The minimum atomic E-state index is -0.178. The average molecular weight is 370 g/mol. The van der Waals surface area contributed by atoms with Gasteiger partial charge in [0, 0.05) is 15.6 Å². The number of rotatable bonds is 3. The number of thioether (sulfide) groups is 1. The van der Waals surface area contributed by atoms with Gasteiger partial charge in [-0.1, -0.05) is 53.2 Å². The third-order valence-electron chi connectivity index (χ3n) is 3.04. The Morgan fingerprint density at radius 2 is 1.95 bits per heavy atom. The lowest BCUT2D eigenvalue weighted by Crippen LogP contribution is -2.27. The first-order valence-electron chi connectivity index (χ1n) is 6.28. The third kappa shape index (κ3) is 3.08. The zero-order valence-electron chi connectivity index (χ0n) is 11.1. The molecule has 3 rings (SSSR count). The van der Waals surface area contributed by atoms with Crippen LogP contribution in [0.5, 0.6) is 0 Å². The van der Waals surface area contributed by atoms with E-state index in [1.807, 2.05) is 0 Å². The average Bonchev–Trinajstić information content (AvgIpc) is 3.07. The quantitative estimate of drug-likeness (QED) is 0.563. The zero-order chi connectivity index (χ0) is 15.7. The number of hydrogen-bond donors (Lipinski definition) is 0. The molecule has 2 heterocycles. The van der Waals surface area contributed by atoms with Crippen molar-refractivity contribution in [2.24, 2.45) is 0 Å². The number of amides is 1. The van der Waals surface area contributed by atoms with Crippen molar-refractivity contribution in [3.8, 4) is 0 Å². The Hall–Kier alpha value is -1.27. The highest BCUT2D eigenvalue weighted by molar-refractivity contribution is 8.26. The summed E-state index contributed by atoms with van der Waals surface area (Å²) in [5.41, 5.74) is 0.615. The predicted molar refractivity (Wildman–Crippen MR) is 93.9 cm³/mol. The van der Waals surface area contributed by atoms with Crippen LogP contribution < -0.4 is 0 Å². The number of nitrogens with zero attached hydrogens (tertiary/aromatic N) is 1. The maximum absolute atomic E-state index is 12.5. The van der Waals surface area contributed by atoms with Crippen molar-refractivity contribution in [1.82, 2.24) is 4.90 Å². The van der Waals surface area contributed by atoms with Crippen LogP contribution in [0.3, 0.4) is 0 Å². The molecule has 1 aliphatic rings. The molecular weight excluding hydrogens is 361 g/mol. The highest BCUT2D eigenvalue weighted by atomic mass is 35.5. The summed E-state index contributed by atoms with van der Waals surface area (Å²) in [5.74, 6) is 0.496. The van der Waals surface area contributed by atoms with Crippen LogP contribution >= 0.6 is 47.2 Å². The van der Waals surface area contributed by atoms with Crippen molar-refractivity contribution in [3.05, 3.63) is 62.9 Å². The van der Waals surface area contributed by atoms with Crippen LogP contribution in [0.25, 0.3) is 6.08 Å². The zero-order valence-corrected chi connectivity index (χ0v) is 14.2. The van der Waals surface area contributed by atoms with Crippen molar-refractivity contribution in [2.75, 3.05) is 0 Å². The van der Waals surface area contributed by atoms with E-state index in [4.69, 9.17) is 39.8 Å². The molecule has 0 radical (unpaired) electrons. The van der Waals surface area contributed by atoms with Gasteiger partial charge in [0.25, 0.3) is 5.91 Å². The molecule has 0 unspecified atom stereocenters. The van der Waals surface area contributed by atoms with Crippen molar-refractivity contribution < 1.29 is 9.21 Å². The SMILES string of the molecule is O=C1C(=Cc2c(Cl)cccc2Cl)SC(=S)N1Cc1ccco1. The van der Waals surface area contributed by atoms with Gasteiger partial charge in [0.1, 0.15) is 10.1 Å². The molecule has 0 atom stereocenters. The minimum Gasteiger partial charge on any atom is -0.467 e. The number of carbonyl (C=O) groups excluding carboxylic acids is 1. The van der Waals surface area contributed by atoms with E-state index in [1.54, 1.807) is 42.7 Å². The van der Waals surface area contributed by atoms with Gasteiger partial charge in [-0.2, -0.15) is 0 Å². The van der Waals surface area contributed by atoms with Gasteiger partial charge < -0.3 is 4.42 Å². The lowest BCUT2D eigenvalue weighted by Gasteiger charge is -2.12. The molecule has 1 aliphatic heterocycles. The van der Waals surface area contributed by atoms with Gasteiger partial charge in [0.15, 0.2) is 0 Å². The fraction of sp³-hybridized carbons (Fsp3) is 0.0667. The normalized spacial score (nSPS) is 16.8. The summed E-state index contributed by atoms with van der Waals surface area (Å²) in [6.07, 6.45) is 3.23. The predicted octanol–water partition coefficient (Wildman–Crippen LogP) is 4.99. The Morgan fingerprint density at radius 3 is 2.59 bits per heavy atom. The van der Waals surface area contributed by atoms with Gasteiger partial charge in [-0.05, 0) is 30.3 Å². The van der Waals surface area contributed by atoms with Crippen molar-refractivity contribution in [1.29, 1.82) is 0 Å². The van der Waals surface area contributed by atoms with Gasteiger partial charge in [0.05, 0.1) is 17.7 Å². The molecule has 0 spiro atoms. The molecule has 3 nitrogen and oxygen atoms in total. The van der Waals surface area contributed by atoms with Gasteiger partial charge in [-0.25, -0.2) is 0 Å². The van der Waals surface area contributed by atoms with E-state index in [-0.39, 0.29) is 5.91 Å². The molecule has 1 saturated heterocycles. The third-order valence-corrected chi connectivity index (χ3v) is 5.08. The molecule has 2 aromatic rings. The highest BCUT2D eigenvalue weighted by Gasteiger charge is 2.32. The number of halogens is 2. The topological polar surface area (TPSA) is 33.5 Å². The second-order valence-electron chi connectivity index (χ2n) is 4.48. The second-order valence-corrected chi connectivity index (χ2v) is 6.97.